The Kier molecular flexibility index (Phi) is 4.06. The van der Waals surface area contributed by atoms with E-state index in [1.165, 1.54) is 0 Å². The lowest BCUT2D eigenvalue weighted by Gasteiger charge is -2.09. The second-order valence-electron chi connectivity index (χ2n) is 4.30. The van der Waals surface area contributed by atoms with E-state index in [9.17, 15) is 4.79 Å². The van der Waals surface area contributed by atoms with Crippen LogP contribution in [0.5, 0.6) is 0 Å². The van der Waals surface area contributed by atoms with Crippen molar-refractivity contribution in [1.29, 1.82) is 5.26 Å². The lowest BCUT2D eigenvalue weighted by Crippen LogP contribution is -2.29. The summed E-state index contributed by atoms with van der Waals surface area (Å²) in [5, 5.41) is 15.2. The predicted molar refractivity (Wildman–Crippen MR) is 70.4 cm³/mol. The Hall–Kier alpha value is -1.73. The maximum Gasteiger partial charge on any atom is 0.223 e. The van der Waals surface area contributed by atoms with Crippen molar-refractivity contribution in [2.24, 2.45) is 5.92 Å². The first-order chi connectivity index (χ1) is 8.70. The zero-order valence-corrected chi connectivity index (χ0v) is 10.6. The van der Waals surface area contributed by atoms with Crippen molar-refractivity contribution in [3.63, 3.8) is 0 Å². The van der Waals surface area contributed by atoms with Crippen molar-refractivity contribution >= 4 is 23.2 Å². The van der Waals surface area contributed by atoms with Gasteiger partial charge in [0.25, 0.3) is 0 Å². The van der Waals surface area contributed by atoms with Crippen LogP contribution in [0.25, 0.3) is 0 Å². The molecule has 5 heteroatoms. The fourth-order valence-electron chi connectivity index (χ4n) is 1.60. The molecule has 1 aromatic carbocycles. The third-order valence-electron chi connectivity index (χ3n) is 2.79. The summed E-state index contributed by atoms with van der Waals surface area (Å²) in [6.07, 6.45) is 2.03. The Labute approximate surface area is 111 Å². The second-order valence-corrected chi connectivity index (χ2v) is 4.71. The summed E-state index contributed by atoms with van der Waals surface area (Å²) in [7, 11) is 0. The number of nitrogens with one attached hydrogen (secondary N) is 2. The first-order valence-corrected chi connectivity index (χ1v) is 6.29. The molecule has 0 spiro atoms. The van der Waals surface area contributed by atoms with Gasteiger partial charge in [-0.25, -0.2) is 0 Å². The van der Waals surface area contributed by atoms with Crippen molar-refractivity contribution in [1.82, 2.24) is 5.32 Å². The SMILES string of the molecule is N#Cc1ccc(NCCNC(=O)C2CC2)c(Cl)c1. The van der Waals surface area contributed by atoms with Gasteiger partial charge in [-0.15, -0.1) is 0 Å². The summed E-state index contributed by atoms with van der Waals surface area (Å²) in [6.45, 7) is 1.19. The van der Waals surface area contributed by atoms with E-state index in [2.05, 4.69) is 10.6 Å². The van der Waals surface area contributed by atoms with E-state index >= 15 is 0 Å². The molecule has 1 aliphatic rings. The van der Waals surface area contributed by atoms with Crippen molar-refractivity contribution in [2.75, 3.05) is 18.4 Å². The summed E-state index contributed by atoms with van der Waals surface area (Å²) in [5.41, 5.74) is 1.31. The largest absolute Gasteiger partial charge is 0.382 e. The molecule has 1 amide bonds. The van der Waals surface area contributed by atoms with E-state index in [0.717, 1.165) is 18.5 Å². The van der Waals surface area contributed by atoms with Crippen LogP contribution in [0.1, 0.15) is 18.4 Å². The van der Waals surface area contributed by atoms with E-state index in [1.807, 2.05) is 6.07 Å². The average molecular weight is 264 g/mol. The smallest absolute Gasteiger partial charge is 0.223 e. The van der Waals surface area contributed by atoms with Crippen molar-refractivity contribution in [3.05, 3.63) is 28.8 Å². The molecule has 0 bridgehead atoms. The summed E-state index contributed by atoms with van der Waals surface area (Å²) < 4.78 is 0. The Morgan fingerprint density at radius 3 is 2.83 bits per heavy atom. The molecular weight excluding hydrogens is 250 g/mol. The van der Waals surface area contributed by atoms with Crippen LogP contribution in [0.2, 0.25) is 5.02 Å². The number of nitriles is 1. The van der Waals surface area contributed by atoms with Crippen LogP contribution in [0, 0.1) is 17.2 Å². The molecule has 1 aromatic rings. The molecule has 0 heterocycles. The Balaban J connectivity index is 1.76. The van der Waals surface area contributed by atoms with Crippen molar-refractivity contribution in [2.45, 2.75) is 12.8 Å². The highest BCUT2D eigenvalue weighted by Crippen LogP contribution is 2.28. The molecule has 1 fully saturated rings. The fraction of sp³-hybridized carbons (Fsp3) is 0.385. The number of halogens is 1. The van der Waals surface area contributed by atoms with Crippen LogP contribution in [-0.2, 0) is 4.79 Å². The third-order valence-corrected chi connectivity index (χ3v) is 3.10. The van der Waals surface area contributed by atoms with Gasteiger partial charge in [-0.3, -0.25) is 4.79 Å². The summed E-state index contributed by atoms with van der Waals surface area (Å²) in [5.74, 6) is 0.381. The number of anilines is 1. The number of hydrogen-bond acceptors (Lipinski definition) is 3. The highest BCUT2D eigenvalue weighted by atomic mass is 35.5. The van der Waals surface area contributed by atoms with Gasteiger partial charge in [-0.05, 0) is 31.0 Å². The van der Waals surface area contributed by atoms with E-state index < -0.39 is 0 Å². The molecule has 2 N–H and O–H groups in total. The van der Waals surface area contributed by atoms with E-state index in [1.54, 1.807) is 18.2 Å². The van der Waals surface area contributed by atoms with Crippen LogP contribution in [0.3, 0.4) is 0 Å². The summed E-state index contributed by atoms with van der Waals surface area (Å²) in [6, 6.07) is 7.12. The van der Waals surface area contributed by atoms with Crippen molar-refractivity contribution in [3.8, 4) is 6.07 Å². The molecule has 0 saturated heterocycles. The molecule has 1 aliphatic carbocycles. The number of carbonyl (C=O) groups excluding carboxylic acids is 1. The molecule has 0 aliphatic heterocycles. The number of nitrogens with zero attached hydrogens (tertiary/aromatic N) is 1. The van der Waals surface area contributed by atoms with Gasteiger partial charge in [0.2, 0.25) is 5.91 Å². The van der Waals surface area contributed by atoms with Gasteiger partial charge in [0.1, 0.15) is 0 Å². The highest BCUT2D eigenvalue weighted by Gasteiger charge is 2.28. The first kappa shape index (κ1) is 12.7. The molecule has 0 unspecified atom stereocenters. The zero-order chi connectivity index (χ0) is 13.0. The fourth-order valence-corrected chi connectivity index (χ4v) is 1.85. The van der Waals surface area contributed by atoms with Crippen LogP contribution >= 0.6 is 11.6 Å². The van der Waals surface area contributed by atoms with Gasteiger partial charge in [0.05, 0.1) is 22.3 Å². The Morgan fingerprint density at radius 2 is 2.22 bits per heavy atom. The Morgan fingerprint density at radius 1 is 1.44 bits per heavy atom. The van der Waals surface area contributed by atoms with Crippen LogP contribution in [-0.4, -0.2) is 19.0 Å². The van der Waals surface area contributed by atoms with Gasteiger partial charge >= 0.3 is 0 Å². The van der Waals surface area contributed by atoms with Gasteiger partial charge in [-0.1, -0.05) is 11.6 Å². The summed E-state index contributed by atoms with van der Waals surface area (Å²) in [4.78, 5) is 11.4. The maximum atomic E-state index is 11.4. The number of benzene rings is 1. The standard InChI is InChI=1S/C13H14ClN3O/c14-11-7-9(8-15)1-4-12(11)16-5-6-17-13(18)10-2-3-10/h1,4,7,10,16H,2-3,5-6H2,(H,17,18). The predicted octanol–water partition coefficient (Wildman–Crippen LogP) is 2.15. The Bertz CT molecular complexity index is 491. The molecule has 4 nitrogen and oxygen atoms in total. The molecule has 2 rings (SSSR count). The van der Waals surface area contributed by atoms with Crippen LogP contribution in [0.4, 0.5) is 5.69 Å². The second kappa shape index (κ2) is 5.74. The van der Waals surface area contributed by atoms with E-state index in [4.69, 9.17) is 16.9 Å². The number of rotatable bonds is 5. The molecule has 0 radical (unpaired) electrons. The minimum Gasteiger partial charge on any atom is -0.382 e. The lowest BCUT2D eigenvalue weighted by molar-refractivity contribution is -0.122. The maximum absolute atomic E-state index is 11.4. The van der Waals surface area contributed by atoms with Gasteiger partial charge in [-0.2, -0.15) is 5.26 Å². The molecule has 18 heavy (non-hydrogen) atoms. The lowest BCUT2D eigenvalue weighted by atomic mass is 10.2. The molecule has 94 valence electrons. The van der Waals surface area contributed by atoms with Gasteiger partial charge in [0, 0.05) is 19.0 Å². The quantitative estimate of drug-likeness (QED) is 0.800. The average Bonchev–Trinajstić information content (AvgIpc) is 3.20. The van der Waals surface area contributed by atoms with Crippen molar-refractivity contribution < 1.29 is 4.79 Å². The molecular formula is C13H14ClN3O. The first-order valence-electron chi connectivity index (χ1n) is 5.92. The highest BCUT2D eigenvalue weighted by molar-refractivity contribution is 6.33. The van der Waals surface area contributed by atoms with Gasteiger partial charge in [0.15, 0.2) is 0 Å². The number of carbonyl (C=O) groups is 1. The zero-order valence-electron chi connectivity index (χ0n) is 9.87. The normalized spacial score (nSPS) is 13.8. The monoisotopic (exact) mass is 263 g/mol. The van der Waals surface area contributed by atoms with E-state index in [-0.39, 0.29) is 11.8 Å². The third kappa shape index (κ3) is 3.38. The molecule has 1 saturated carbocycles. The van der Waals surface area contributed by atoms with Crippen LogP contribution < -0.4 is 10.6 Å². The number of amides is 1. The van der Waals surface area contributed by atoms with Gasteiger partial charge < -0.3 is 10.6 Å². The minimum absolute atomic E-state index is 0.141. The van der Waals surface area contributed by atoms with Crippen LogP contribution in [0.15, 0.2) is 18.2 Å². The topological polar surface area (TPSA) is 64.9 Å². The number of hydrogen-bond donors (Lipinski definition) is 2. The molecule has 0 atom stereocenters. The molecule has 0 aromatic heterocycles. The minimum atomic E-state index is 0.141. The summed E-state index contributed by atoms with van der Waals surface area (Å²) >= 11 is 6.01. The van der Waals surface area contributed by atoms with E-state index in [0.29, 0.717) is 23.7 Å².